The number of hydrogen-bond donors (Lipinski definition) is 2. The first kappa shape index (κ1) is 13.3. The molecule has 0 bridgehead atoms. The summed E-state index contributed by atoms with van der Waals surface area (Å²) in [6.07, 6.45) is 1.69. The Morgan fingerprint density at radius 2 is 2.25 bits per heavy atom. The van der Waals surface area contributed by atoms with Crippen molar-refractivity contribution in [2.75, 3.05) is 26.7 Å². The second kappa shape index (κ2) is 6.06. The first-order chi connectivity index (χ1) is 7.58. The van der Waals surface area contributed by atoms with E-state index in [1.165, 1.54) is 0 Å². The number of nitrogens with two attached hydrogens (primary N) is 1. The van der Waals surface area contributed by atoms with Crippen LogP contribution in [0.3, 0.4) is 0 Å². The molecule has 1 rings (SSSR count). The lowest BCUT2D eigenvalue weighted by Crippen LogP contribution is -2.54. The lowest BCUT2D eigenvalue weighted by molar-refractivity contribution is 0.0615. The van der Waals surface area contributed by atoms with Gasteiger partial charge in [0.15, 0.2) is 0 Å². The van der Waals surface area contributed by atoms with Gasteiger partial charge in [0.25, 0.3) is 0 Å². The van der Waals surface area contributed by atoms with Gasteiger partial charge in [-0.2, -0.15) is 0 Å². The molecule has 1 saturated heterocycles. The SMILES string of the molecule is CCC(CC(N)=NO)N1CCN(C)CC1C. The number of hydrogen-bond acceptors (Lipinski definition) is 4. The van der Waals surface area contributed by atoms with Crippen LogP contribution in [0, 0.1) is 0 Å². The van der Waals surface area contributed by atoms with Gasteiger partial charge in [0.2, 0.25) is 0 Å². The van der Waals surface area contributed by atoms with Crippen molar-refractivity contribution >= 4 is 5.84 Å². The average Bonchev–Trinajstić information content (AvgIpc) is 2.26. The van der Waals surface area contributed by atoms with Gasteiger partial charge in [0.1, 0.15) is 5.84 Å². The van der Waals surface area contributed by atoms with Crippen LogP contribution in [0.4, 0.5) is 0 Å². The summed E-state index contributed by atoms with van der Waals surface area (Å²) >= 11 is 0. The Morgan fingerprint density at radius 1 is 1.56 bits per heavy atom. The lowest BCUT2D eigenvalue weighted by atomic mass is 10.0. The van der Waals surface area contributed by atoms with E-state index in [2.05, 4.69) is 35.9 Å². The van der Waals surface area contributed by atoms with Crippen molar-refractivity contribution < 1.29 is 5.21 Å². The van der Waals surface area contributed by atoms with E-state index >= 15 is 0 Å². The van der Waals surface area contributed by atoms with Crippen LogP contribution in [-0.2, 0) is 0 Å². The molecule has 0 aliphatic carbocycles. The van der Waals surface area contributed by atoms with Gasteiger partial charge in [-0.3, -0.25) is 4.90 Å². The van der Waals surface area contributed by atoms with Crippen molar-refractivity contribution in [3.63, 3.8) is 0 Å². The van der Waals surface area contributed by atoms with E-state index in [0.717, 1.165) is 26.1 Å². The first-order valence-corrected chi connectivity index (χ1v) is 5.99. The standard InChI is InChI=1S/C11H24N4O/c1-4-10(7-11(12)13-16)15-6-5-14(3)8-9(15)2/h9-10,16H,4-8H2,1-3H3,(H2,12,13). The fourth-order valence-corrected chi connectivity index (χ4v) is 2.47. The van der Waals surface area contributed by atoms with Crippen LogP contribution in [-0.4, -0.2) is 59.6 Å². The van der Waals surface area contributed by atoms with Crippen molar-refractivity contribution in [3.8, 4) is 0 Å². The van der Waals surface area contributed by atoms with Crippen LogP contribution < -0.4 is 5.73 Å². The van der Waals surface area contributed by atoms with Crippen LogP contribution in [0.1, 0.15) is 26.7 Å². The van der Waals surface area contributed by atoms with Gasteiger partial charge in [0, 0.05) is 38.1 Å². The van der Waals surface area contributed by atoms with Crippen molar-refractivity contribution in [2.24, 2.45) is 10.9 Å². The highest BCUT2D eigenvalue weighted by Crippen LogP contribution is 2.16. The minimum Gasteiger partial charge on any atom is -0.409 e. The molecular formula is C11H24N4O. The molecule has 94 valence electrons. The molecule has 0 radical (unpaired) electrons. The van der Waals surface area contributed by atoms with Crippen molar-refractivity contribution in [3.05, 3.63) is 0 Å². The van der Waals surface area contributed by atoms with Crippen molar-refractivity contribution in [1.82, 2.24) is 9.80 Å². The quantitative estimate of drug-likeness (QED) is 0.319. The highest BCUT2D eigenvalue weighted by atomic mass is 16.4. The number of amidine groups is 1. The third kappa shape index (κ3) is 3.35. The molecule has 1 aliphatic heterocycles. The minimum atomic E-state index is 0.331. The molecule has 2 unspecified atom stereocenters. The Morgan fingerprint density at radius 3 is 2.75 bits per heavy atom. The van der Waals surface area contributed by atoms with E-state index in [0.29, 0.717) is 24.3 Å². The Hall–Kier alpha value is -0.810. The Labute approximate surface area is 97.9 Å². The molecule has 16 heavy (non-hydrogen) atoms. The van der Waals surface area contributed by atoms with Crippen molar-refractivity contribution in [1.29, 1.82) is 0 Å². The van der Waals surface area contributed by atoms with Gasteiger partial charge in [-0.15, -0.1) is 0 Å². The minimum absolute atomic E-state index is 0.331. The fraction of sp³-hybridized carbons (Fsp3) is 0.909. The van der Waals surface area contributed by atoms with E-state index in [-0.39, 0.29) is 0 Å². The third-order valence-electron chi connectivity index (χ3n) is 3.40. The molecular weight excluding hydrogens is 204 g/mol. The van der Waals surface area contributed by atoms with E-state index in [4.69, 9.17) is 10.9 Å². The summed E-state index contributed by atoms with van der Waals surface area (Å²) in [5.74, 6) is 0.331. The zero-order valence-electron chi connectivity index (χ0n) is 10.6. The third-order valence-corrected chi connectivity index (χ3v) is 3.40. The normalized spacial score (nSPS) is 26.9. The van der Waals surface area contributed by atoms with Crippen LogP contribution in [0.2, 0.25) is 0 Å². The summed E-state index contributed by atoms with van der Waals surface area (Å²) in [6, 6.07) is 0.926. The monoisotopic (exact) mass is 228 g/mol. The van der Waals surface area contributed by atoms with Gasteiger partial charge < -0.3 is 15.8 Å². The number of nitrogens with zero attached hydrogens (tertiary/aromatic N) is 3. The maximum atomic E-state index is 8.62. The number of oxime groups is 1. The molecule has 5 nitrogen and oxygen atoms in total. The second-order valence-corrected chi connectivity index (χ2v) is 4.71. The molecule has 0 aromatic heterocycles. The molecule has 1 heterocycles. The predicted octanol–water partition coefficient (Wildman–Crippen LogP) is 0.537. The van der Waals surface area contributed by atoms with E-state index < -0.39 is 0 Å². The van der Waals surface area contributed by atoms with Crippen LogP contribution in [0.5, 0.6) is 0 Å². The number of piperazine rings is 1. The van der Waals surface area contributed by atoms with Crippen LogP contribution >= 0.6 is 0 Å². The van der Waals surface area contributed by atoms with Crippen molar-refractivity contribution in [2.45, 2.75) is 38.8 Å². The number of rotatable bonds is 4. The topological polar surface area (TPSA) is 65.1 Å². The molecule has 5 heteroatoms. The average molecular weight is 228 g/mol. The van der Waals surface area contributed by atoms with Crippen LogP contribution in [0.25, 0.3) is 0 Å². The molecule has 2 atom stereocenters. The fourth-order valence-electron chi connectivity index (χ4n) is 2.47. The Balaban J connectivity index is 2.58. The van der Waals surface area contributed by atoms with E-state index in [1.807, 2.05) is 0 Å². The highest BCUT2D eigenvalue weighted by molar-refractivity contribution is 5.80. The van der Waals surface area contributed by atoms with E-state index in [1.54, 1.807) is 0 Å². The molecule has 0 amide bonds. The maximum Gasteiger partial charge on any atom is 0.140 e. The summed E-state index contributed by atoms with van der Waals surface area (Å²) in [7, 11) is 2.15. The second-order valence-electron chi connectivity index (χ2n) is 4.71. The molecule has 0 aromatic rings. The number of likely N-dealkylation sites (N-methyl/N-ethyl adjacent to an activating group) is 1. The first-order valence-electron chi connectivity index (χ1n) is 5.99. The largest absolute Gasteiger partial charge is 0.409 e. The summed E-state index contributed by atoms with van der Waals surface area (Å²) in [6.45, 7) is 7.64. The van der Waals surface area contributed by atoms with Gasteiger partial charge in [-0.25, -0.2) is 0 Å². The zero-order valence-corrected chi connectivity index (χ0v) is 10.6. The summed E-state index contributed by atoms with van der Waals surface area (Å²) in [4.78, 5) is 4.81. The van der Waals surface area contributed by atoms with Crippen LogP contribution in [0.15, 0.2) is 5.16 Å². The molecule has 1 aliphatic rings. The maximum absolute atomic E-state index is 8.62. The Kier molecular flexibility index (Phi) is 5.02. The summed E-state index contributed by atoms with van der Waals surface area (Å²) < 4.78 is 0. The molecule has 3 N–H and O–H groups in total. The smallest absolute Gasteiger partial charge is 0.140 e. The van der Waals surface area contributed by atoms with Gasteiger partial charge >= 0.3 is 0 Å². The molecule has 0 aromatic carbocycles. The van der Waals surface area contributed by atoms with E-state index in [9.17, 15) is 0 Å². The zero-order chi connectivity index (χ0) is 12.1. The lowest BCUT2D eigenvalue weighted by Gasteiger charge is -2.42. The van der Waals surface area contributed by atoms with Gasteiger partial charge in [-0.05, 0) is 20.4 Å². The van der Waals surface area contributed by atoms with Gasteiger partial charge in [-0.1, -0.05) is 12.1 Å². The summed E-state index contributed by atoms with van der Waals surface area (Å²) in [5, 5.41) is 11.7. The predicted molar refractivity (Wildman–Crippen MR) is 65.8 cm³/mol. The summed E-state index contributed by atoms with van der Waals surface area (Å²) in [5.41, 5.74) is 5.59. The highest BCUT2D eigenvalue weighted by Gasteiger charge is 2.27. The Bertz CT molecular complexity index is 244. The molecule has 1 fully saturated rings. The molecule has 0 spiro atoms. The van der Waals surface area contributed by atoms with Gasteiger partial charge in [0.05, 0.1) is 0 Å². The molecule has 0 saturated carbocycles.